The van der Waals surface area contributed by atoms with Gasteiger partial charge in [0.2, 0.25) is 0 Å². The molecule has 2 aromatic carbocycles. The molecule has 1 unspecified atom stereocenters. The monoisotopic (exact) mass is 548 g/mol. The first-order valence-corrected chi connectivity index (χ1v) is 16.7. The minimum Gasteiger partial charge on any atom is -0.371 e. The number of likely N-dealkylation sites (tertiary alicyclic amines) is 1. The van der Waals surface area contributed by atoms with E-state index in [4.69, 9.17) is 0 Å². The molecular formula is C33H44N2O3S. The first-order valence-electron chi connectivity index (χ1n) is 15.1. The highest BCUT2D eigenvalue weighted by Crippen LogP contribution is 2.52. The molecule has 6 heteroatoms. The van der Waals surface area contributed by atoms with Gasteiger partial charge in [0.1, 0.15) is 5.78 Å². The lowest BCUT2D eigenvalue weighted by Crippen LogP contribution is -2.53. The highest BCUT2D eigenvalue weighted by atomic mass is 32.2. The van der Waals surface area contributed by atoms with Gasteiger partial charge < -0.3 is 9.80 Å². The summed E-state index contributed by atoms with van der Waals surface area (Å²) in [5, 5.41) is -0.153. The van der Waals surface area contributed by atoms with Crippen molar-refractivity contribution >= 4 is 21.3 Å². The number of anilines is 1. The molecule has 2 heterocycles. The Hall–Kier alpha value is -2.18. The van der Waals surface area contributed by atoms with E-state index in [1.54, 1.807) is 12.1 Å². The first kappa shape index (κ1) is 27.0. The third-order valence-electron chi connectivity index (χ3n) is 10.6. The van der Waals surface area contributed by atoms with Gasteiger partial charge in [0.15, 0.2) is 9.84 Å². The van der Waals surface area contributed by atoms with Crippen LogP contribution >= 0.6 is 0 Å². The lowest BCUT2D eigenvalue weighted by atomic mass is 9.58. The Morgan fingerprint density at radius 3 is 2.18 bits per heavy atom. The number of sulfone groups is 1. The van der Waals surface area contributed by atoms with Crippen molar-refractivity contribution in [2.45, 2.75) is 74.4 Å². The predicted octanol–water partition coefficient (Wildman–Crippen LogP) is 5.73. The minimum absolute atomic E-state index is 0.0482. The van der Waals surface area contributed by atoms with E-state index in [2.05, 4.69) is 47.1 Å². The highest BCUT2D eigenvalue weighted by molar-refractivity contribution is 7.92. The van der Waals surface area contributed by atoms with E-state index in [1.807, 2.05) is 19.1 Å². The lowest BCUT2D eigenvalue weighted by Gasteiger charge is -2.49. The van der Waals surface area contributed by atoms with Crippen molar-refractivity contribution in [3.63, 3.8) is 0 Å². The zero-order valence-electron chi connectivity index (χ0n) is 23.6. The average molecular weight is 549 g/mol. The van der Waals surface area contributed by atoms with Crippen LogP contribution in [0.2, 0.25) is 0 Å². The van der Waals surface area contributed by atoms with Crippen LogP contribution in [0.5, 0.6) is 0 Å². The second-order valence-electron chi connectivity index (χ2n) is 13.0. The van der Waals surface area contributed by atoms with Crippen molar-refractivity contribution in [1.82, 2.24) is 4.90 Å². The molecule has 3 atom stereocenters. The third-order valence-corrected chi connectivity index (χ3v) is 12.9. The molecule has 4 fully saturated rings. The van der Waals surface area contributed by atoms with Crippen molar-refractivity contribution in [3.05, 3.63) is 60.2 Å². The van der Waals surface area contributed by atoms with Crippen molar-refractivity contribution in [2.24, 2.45) is 23.7 Å². The van der Waals surface area contributed by atoms with E-state index in [1.165, 1.54) is 31.2 Å². The standard InChI is InChI=1S/C33H44N2O3S/c1-24(36)31-9-6-10-32(31)33(2,26-7-4-3-5-8-26)27-17-19-34(20-18-27)21-25-22-35(23-25)28-11-13-29(14-12-28)39(37,38)30-15-16-30/h3-5,7-8,11-14,25,27,30-32H,6,9-10,15-23H2,1-2H3/t31-,32+,33?/m1/s1. The summed E-state index contributed by atoms with van der Waals surface area (Å²) < 4.78 is 25.0. The van der Waals surface area contributed by atoms with Crippen molar-refractivity contribution in [2.75, 3.05) is 37.6 Å². The van der Waals surface area contributed by atoms with Crippen molar-refractivity contribution in [3.8, 4) is 0 Å². The Balaban J connectivity index is 1.05. The topological polar surface area (TPSA) is 57.7 Å². The molecule has 4 aliphatic rings. The maximum atomic E-state index is 12.6. The van der Waals surface area contributed by atoms with Gasteiger partial charge in [-0.1, -0.05) is 43.7 Å². The summed E-state index contributed by atoms with van der Waals surface area (Å²) in [6.07, 6.45) is 7.40. The van der Waals surface area contributed by atoms with E-state index < -0.39 is 9.84 Å². The molecule has 0 bridgehead atoms. The van der Waals surface area contributed by atoms with Gasteiger partial charge in [-0.15, -0.1) is 0 Å². The molecule has 39 heavy (non-hydrogen) atoms. The number of carbonyl (C=O) groups is 1. The lowest BCUT2D eigenvalue weighted by molar-refractivity contribution is -0.123. The van der Waals surface area contributed by atoms with Crippen LogP contribution < -0.4 is 4.90 Å². The van der Waals surface area contributed by atoms with Gasteiger partial charge in [0.05, 0.1) is 10.1 Å². The summed E-state index contributed by atoms with van der Waals surface area (Å²) >= 11 is 0. The SMILES string of the molecule is CC(=O)[C@H]1CCC[C@@H]1C(C)(c1ccccc1)C1CCN(CC2CN(c3ccc(S(=O)(=O)C4CC4)cc3)C2)CC1. The van der Waals surface area contributed by atoms with Gasteiger partial charge >= 0.3 is 0 Å². The third kappa shape index (κ3) is 5.19. The fraction of sp³-hybridized carbons (Fsp3) is 0.606. The number of Topliss-reactive ketones (excluding diaryl/α,β-unsaturated/α-hetero) is 1. The molecule has 0 spiro atoms. The number of rotatable bonds is 9. The van der Waals surface area contributed by atoms with E-state index in [0.717, 1.165) is 57.7 Å². The predicted molar refractivity (Wildman–Crippen MR) is 157 cm³/mol. The average Bonchev–Trinajstić information content (AvgIpc) is 3.68. The number of piperidine rings is 1. The summed E-state index contributed by atoms with van der Waals surface area (Å²) in [6.45, 7) is 9.77. The van der Waals surface area contributed by atoms with Crippen LogP contribution in [0.3, 0.4) is 0 Å². The van der Waals surface area contributed by atoms with Gasteiger partial charge in [0, 0.05) is 37.2 Å². The van der Waals surface area contributed by atoms with E-state index in [-0.39, 0.29) is 16.6 Å². The fourth-order valence-corrected chi connectivity index (χ4v) is 9.77. The molecule has 0 radical (unpaired) electrons. The number of benzene rings is 2. The van der Waals surface area contributed by atoms with Crippen LogP contribution in [0.1, 0.15) is 64.4 Å². The summed E-state index contributed by atoms with van der Waals surface area (Å²) in [5.74, 6) is 2.29. The maximum absolute atomic E-state index is 12.6. The molecule has 2 aromatic rings. The Bertz CT molecular complexity index is 1260. The molecule has 2 saturated heterocycles. The van der Waals surface area contributed by atoms with Crippen molar-refractivity contribution in [1.29, 1.82) is 0 Å². The molecule has 2 aliphatic carbocycles. The number of hydrogen-bond donors (Lipinski definition) is 0. The Kier molecular flexibility index (Phi) is 7.39. The van der Waals surface area contributed by atoms with Crippen LogP contribution in [-0.2, 0) is 20.0 Å². The summed E-state index contributed by atoms with van der Waals surface area (Å²) in [6, 6.07) is 18.6. The Morgan fingerprint density at radius 1 is 0.897 bits per heavy atom. The van der Waals surface area contributed by atoms with Crippen LogP contribution in [0.15, 0.2) is 59.5 Å². The van der Waals surface area contributed by atoms with E-state index in [0.29, 0.717) is 28.4 Å². The molecule has 0 aromatic heterocycles. The highest BCUT2D eigenvalue weighted by Gasteiger charge is 2.49. The number of nitrogens with zero attached hydrogens (tertiary/aromatic N) is 2. The van der Waals surface area contributed by atoms with Crippen LogP contribution in [0, 0.1) is 23.7 Å². The van der Waals surface area contributed by atoms with Crippen LogP contribution in [0.25, 0.3) is 0 Å². The molecule has 6 rings (SSSR count). The summed E-state index contributed by atoms with van der Waals surface area (Å²) in [7, 11) is -3.11. The second-order valence-corrected chi connectivity index (χ2v) is 15.2. The number of hydrogen-bond acceptors (Lipinski definition) is 5. The van der Waals surface area contributed by atoms with Gasteiger partial charge in [-0.25, -0.2) is 8.42 Å². The molecule has 0 amide bonds. The number of ketones is 1. The summed E-state index contributed by atoms with van der Waals surface area (Å²) in [5.41, 5.74) is 2.61. The zero-order chi connectivity index (χ0) is 27.2. The van der Waals surface area contributed by atoms with Crippen molar-refractivity contribution < 1.29 is 13.2 Å². The minimum atomic E-state index is -3.11. The van der Waals surface area contributed by atoms with Gasteiger partial charge in [-0.2, -0.15) is 0 Å². The smallest absolute Gasteiger partial charge is 0.181 e. The molecule has 2 aliphatic heterocycles. The molecule has 2 saturated carbocycles. The molecule has 210 valence electrons. The maximum Gasteiger partial charge on any atom is 0.181 e. The van der Waals surface area contributed by atoms with Crippen LogP contribution in [0.4, 0.5) is 5.69 Å². The van der Waals surface area contributed by atoms with Gasteiger partial charge in [-0.05, 0) is 106 Å². The largest absolute Gasteiger partial charge is 0.371 e. The van der Waals surface area contributed by atoms with E-state index >= 15 is 0 Å². The molecular weight excluding hydrogens is 504 g/mol. The number of carbonyl (C=O) groups excluding carboxylic acids is 1. The zero-order valence-corrected chi connectivity index (χ0v) is 24.4. The van der Waals surface area contributed by atoms with Crippen LogP contribution in [-0.4, -0.2) is 57.1 Å². The summed E-state index contributed by atoms with van der Waals surface area (Å²) in [4.78, 5) is 18.1. The Labute approximate surface area is 234 Å². The van der Waals surface area contributed by atoms with Gasteiger partial charge in [0.25, 0.3) is 0 Å². The fourth-order valence-electron chi connectivity index (χ4n) is 8.11. The second kappa shape index (κ2) is 10.7. The van der Waals surface area contributed by atoms with Gasteiger partial charge in [-0.3, -0.25) is 4.79 Å². The first-order chi connectivity index (χ1) is 18.8. The Morgan fingerprint density at radius 2 is 1.56 bits per heavy atom. The normalized spacial score (nSPS) is 26.8. The molecule has 0 N–H and O–H groups in total. The quantitative estimate of drug-likeness (QED) is 0.400. The molecule has 5 nitrogen and oxygen atoms in total. The van der Waals surface area contributed by atoms with E-state index in [9.17, 15) is 13.2 Å².